The van der Waals surface area contributed by atoms with Gasteiger partial charge in [0, 0.05) is 10.5 Å². The van der Waals surface area contributed by atoms with E-state index in [0.717, 1.165) is 12.1 Å². The van der Waals surface area contributed by atoms with E-state index in [1.54, 1.807) is 6.07 Å². The summed E-state index contributed by atoms with van der Waals surface area (Å²) in [5.41, 5.74) is 0.307. The molecule has 0 unspecified atom stereocenters. The van der Waals surface area contributed by atoms with Crippen molar-refractivity contribution in [2.45, 2.75) is 17.9 Å². The average Bonchev–Trinajstić information content (AvgIpc) is 2.49. The Morgan fingerprint density at radius 2 is 1.83 bits per heavy atom. The first-order valence-corrected chi connectivity index (χ1v) is 8.83. The first kappa shape index (κ1) is 17.8. The topological polar surface area (TPSA) is 55.4 Å². The molecule has 0 spiro atoms. The lowest BCUT2D eigenvalue weighted by Gasteiger charge is -2.16. The molecular formula is C15H14BrF2NO3S. The fourth-order valence-electron chi connectivity index (χ4n) is 2.01. The van der Waals surface area contributed by atoms with E-state index >= 15 is 0 Å². The highest BCUT2D eigenvalue weighted by Crippen LogP contribution is 2.28. The van der Waals surface area contributed by atoms with Gasteiger partial charge in [-0.15, -0.1) is 0 Å². The van der Waals surface area contributed by atoms with Gasteiger partial charge in [0.15, 0.2) is 11.6 Å². The molecule has 2 rings (SSSR count). The summed E-state index contributed by atoms with van der Waals surface area (Å²) in [6, 6.07) is 7.05. The minimum atomic E-state index is -3.92. The lowest BCUT2D eigenvalue weighted by atomic mass is 10.1. The largest absolute Gasteiger partial charge is 0.495 e. The van der Waals surface area contributed by atoms with Crippen molar-refractivity contribution in [3.05, 3.63) is 58.1 Å². The second-order valence-corrected chi connectivity index (χ2v) is 7.41. The Bertz CT molecular complexity index is 827. The highest BCUT2D eigenvalue weighted by molar-refractivity contribution is 9.10. The van der Waals surface area contributed by atoms with Gasteiger partial charge in [0.2, 0.25) is 10.0 Å². The molecule has 0 aliphatic rings. The normalized spacial score (nSPS) is 12.9. The van der Waals surface area contributed by atoms with Crippen LogP contribution < -0.4 is 9.46 Å². The molecule has 1 atom stereocenters. The summed E-state index contributed by atoms with van der Waals surface area (Å²) in [6.45, 7) is 1.54. The minimum Gasteiger partial charge on any atom is -0.495 e. The maximum atomic E-state index is 13.3. The molecule has 124 valence electrons. The number of hydrogen-bond acceptors (Lipinski definition) is 3. The Morgan fingerprint density at radius 1 is 1.13 bits per heavy atom. The highest BCUT2D eigenvalue weighted by atomic mass is 79.9. The monoisotopic (exact) mass is 405 g/mol. The minimum absolute atomic E-state index is 0.0520. The predicted octanol–water partition coefficient (Wildman–Crippen LogP) is 3.78. The molecule has 0 amide bonds. The third-order valence-electron chi connectivity index (χ3n) is 3.19. The number of halogens is 3. The molecule has 0 aliphatic heterocycles. The third-order valence-corrected chi connectivity index (χ3v) is 5.25. The van der Waals surface area contributed by atoms with Crippen LogP contribution in [0.1, 0.15) is 18.5 Å². The van der Waals surface area contributed by atoms with Crippen LogP contribution >= 0.6 is 15.9 Å². The average molecular weight is 406 g/mol. The van der Waals surface area contributed by atoms with Crippen LogP contribution in [0.5, 0.6) is 5.75 Å². The summed E-state index contributed by atoms with van der Waals surface area (Å²) in [6.07, 6.45) is 0. The zero-order valence-electron chi connectivity index (χ0n) is 12.3. The van der Waals surface area contributed by atoms with Gasteiger partial charge in [-0.1, -0.05) is 22.0 Å². The van der Waals surface area contributed by atoms with Crippen LogP contribution in [-0.4, -0.2) is 15.5 Å². The van der Waals surface area contributed by atoms with E-state index < -0.39 is 27.7 Å². The Balaban J connectivity index is 2.34. The summed E-state index contributed by atoms with van der Waals surface area (Å²) in [5, 5.41) is 0. The summed E-state index contributed by atoms with van der Waals surface area (Å²) >= 11 is 3.21. The van der Waals surface area contributed by atoms with Gasteiger partial charge in [0.05, 0.1) is 7.11 Å². The summed E-state index contributed by atoms with van der Waals surface area (Å²) in [7, 11) is -2.55. The molecule has 0 fully saturated rings. The van der Waals surface area contributed by atoms with E-state index in [9.17, 15) is 17.2 Å². The fourth-order valence-corrected chi connectivity index (χ4v) is 3.95. The third kappa shape index (κ3) is 4.07. The van der Waals surface area contributed by atoms with Crippen LogP contribution in [0.3, 0.4) is 0 Å². The lowest BCUT2D eigenvalue weighted by molar-refractivity contribution is 0.402. The molecule has 23 heavy (non-hydrogen) atoms. The second kappa shape index (κ2) is 6.94. The highest BCUT2D eigenvalue weighted by Gasteiger charge is 2.23. The molecule has 0 saturated carbocycles. The Kier molecular flexibility index (Phi) is 5.38. The van der Waals surface area contributed by atoms with Crippen LogP contribution in [-0.2, 0) is 10.0 Å². The summed E-state index contributed by atoms with van der Waals surface area (Å²) < 4.78 is 59.3. The van der Waals surface area contributed by atoms with Crippen molar-refractivity contribution in [3.63, 3.8) is 0 Å². The van der Waals surface area contributed by atoms with E-state index in [1.165, 1.54) is 32.2 Å². The molecule has 4 nitrogen and oxygen atoms in total. The van der Waals surface area contributed by atoms with E-state index in [-0.39, 0.29) is 10.6 Å². The van der Waals surface area contributed by atoms with Crippen molar-refractivity contribution < 1.29 is 21.9 Å². The van der Waals surface area contributed by atoms with Crippen LogP contribution in [0.25, 0.3) is 0 Å². The first-order chi connectivity index (χ1) is 10.7. The maximum Gasteiger partial charge on any atom is 0.244 e. The van der Waals surface area contributed by atoms with Gasteiger partial charge >= 0.3 is 0 Å². The molecule has 0 saturated heterocycles. The smallest absolute Gasteiger partial charge is 0.244 e. The van der Waals surface area contributed by atoms with Gasteiger partial charge in [-0.05, 0) is 42.8 Å². The number of rotatable bonds is 5. The quantitative estimate of drug-likeness (QED) is 0.823. The van der Waals surface area contributed by atoms with Gasteiger partial charge < -0.3 is 4.74 Å². The van der Waals surface area contributed by atoms with Gasteiger partial charge in [0.25, 0.3) is 0 Å². The van der Waals surface area contributed by atoms with Gasteiger partial charge in [0.1, 0.15) is 10.6 Å². The molecule has 2 aromatic carbocycles. The number of sulfonamides is 1. The Hall–Kier alpha value is -1.51. The van der Waals surface area contributed by atoms with E-state index in [2.05, 4.69) is 20.7 Å². The van der Waals surface area contributed by atoms with Crippen molar-refractivity contribution >= 4 is 26.0 Å². The van der Waals surface area contributed by atoms with Crippen molar-refractivity contribution in [1.29, 1.82) is 0 Å². The standard InChI is InChI=1S/C15H14BrF2NO3S/c1-9(10-3-5-12(17)13(18)7-10)19-23(20,21)15-8-11(16)4-6-14(15)22-2/h3-9,19H,1-2H3/t9-/m1/s1. The van der Waals surface area contributed by atoms with E-state index in [1.807, 2.05) is 0 Å². The van der Waals surface area contributed by atoms with E-state index in [0.29, 0.717) is 10.0 Å². The van der Waals surface area contributed by atoms with Crippen molar-refractivity contribution in [2.24, 2.45) is 0 Å². The van der Waals surface area contributed by atoms with Crippen LogP contribution in [0.4, 0.5) is 8.78 Å². The number of methoxy groups -OCH3 is 1. The molecule has 8 heteroatoms. The molecule has 1 N–H and O–H groups in total. The van der Waals surface area contributed by atoms with Crippen molar-refractivity contribution in [2.75, 3.05) is 7.11 Å². The molecule has 2 aromatic rings. The molecule has 0 radical (unpaired) electrons. The van der Waals surface area contributed by atoms with E-state index in [4.69, 9.17) is 4.74 Å². The van der Waals surface area contributed by atoms with Crippen LogP contribution in [0.15, 0.2) is 45.8 Å². The van der Waals surface area contributed by atoms with Crippen molar-refractivity contribution in [3.8, 4) is 5.75 Å². The molecule has 0 aromatic heterocycles. The Labute approximate surface area is 141 Å². The zero-order valence-corrected chi connectivity index (χ0v) is 14.7. The predicted molar refractivity (Wildman–Crippen MR) is 85.8 cm³/mol. The fraction of sp³-hybridized carbons (Fsp3) is 0.200. The van der Waals surface area contributed by atoms with Gasteiger partial charge in [-0.3, -0.25) is 0 Å². The second-order valence-electron chi connectivity index (χ2n) is 4.81. The lowest BCUT2D eigenvalue weighted by Crippen LogP contribution is -2.27. The summed E-state index contributed by atoms with van der Waals surface area (Å²) in [5.74, 6) is -1.84. The van der Waals surface area contributed by atoms with Gasteiger partial charge in [-0.2, -0.15) is 0 Å². The van der Waals surface area contributed by atoms with Crippen molar-refractivity contribution in [1.82, 2.24) is 4.72 Å². The van der Waals surface area contributed by atoms with Gasteiger partial charge in [-0.25, -0.2) is 21.9 Å². The van der Waals surface area contributed by atoms with Crippen LogP contribution in [0, 0.1) is 11.6 Å². The maximum absolute atomic E-state index is 13.3. The number of hydrogen-bond donors (Lipinski definition) is 1. The molecular weight excluding hydrogens is 392 g/mol. The number of benzene rings is 2. The number of ether oxygens (including phenoxy) is 1. The molecule has 0 heterocycles. The first-order valence-electron chi connectivity index (χ1n) is 6.55. The molecule has 0 aliphatic carbocycles. The Morgan fingerprint density at radius 3 is 2.43 bits per heavy atom. The van der Waals surface area contributed by atoms with Crippen LogP contribution in [0.2, 0.25) is 0 Å². The SMILES string of the molecule is COc1ccc(Br)cc1S(=O)(=O)N[C@H](C)c1ccc(F)c(F)c1. The number of nitrogens with one attached hydrogen (secondary N) is 1. The molecule has 0 bridgehead atoms. The zero-order chi connectivity index (χ0) is 17.2. The summed E-state index contributed by atoms with van der Waals surface area (Å²) in [4.78, 5) is -0.0520.